The van der Waals surface area contributed by atoms with E-state index in [1.54, 1.807) is 25.5 Å². The Morgan fingerprint density at radius 3 is 2.65 bits per heavy atom. The molecule has 0 saturated carbocycles. The molecule has 0 N–H and O–H groups in total. The summed E-state index contributed by atoms with van der Waals surface area (Å²) in [6.07, 6.45) is 3.23. The molecule has 4 rings (SSSR count). The quantitative estimate of drug-likeness (QED) is 0.638. The molecule has 156 valence electrons. The van der Waals surface area contributed by atoms with Crippen LogP contribution in [-0.4, -0.2) is 46.1 Å². The Morgan fingerprint density at radius 1 is 1.10 bits per heavy atom. The van der Waals surface area contributed by atoms with Gasteiger partial charge < -0.3 is 4.74 Å². The Hall–Kier alpha value is -3.94. The summed E-state index contributed by atoms with van der Waals surface area (Å²) in [6, 6.07) is 9.55. The normalized spacial score (nSPS) is 14.8. The van der Waals surface area contributed by atoms with Crippen molar-refractivity contribution in [3.8, 4) is 17.0 Å². The molecule has 1 aliphatic heterocycles. The van der Waals surface area contributed by atoms with Crippen LogP contribution in [0.25, 0.3) is 11.3 Å². The molecule has 0 unspecified atom stereocenters. The predicted octanol–water partition coefficient (Wildman–Crippen LogP) is 3.10. The molecule has 0 atom stereocenters. The smallest absolute Gasteiger partial charge is 0.315 e. The number of pyridine rings is 1. The second kappa shape index (κ2) is 8.06. The largest absolute Gasteiger partial charge is 0.483 e. The van der Waals surface area contributed by atoms with Crippen LogP contribution in [0.2, 0.25) is 0 Å². The molecule has 1 aliphatic rings. The number of fused-ring (bicyclic) bond motifs is 1. The topological polar surface area (TPSA) is 97.6 Å². The van der Waals surface area contributed by atoms with Crippen molar-refractivity contribution >= 4 is 23.3 Å². The van der Waals surface area contributed by atoms with Crippen LogP contribution in [0.4, 0.5) is 5.82 Å². The molecule has 3 aromatic rings. The highest BCUT2D eigenvalue weighted by molar-refractivity contribution is 6.46. The van der Waals surface area contributed by atoms with Gasteiger partial charge in [-0.1, -0.05) is 24.3 Å². The number of carbonyl (C=O) groups excluding carboxylic acids is 2. The van der Waals surface area contributed by atoms with Gasteiger partial charge in [-0.05, 0) is 43.5 Å². The third kappa shape index (κ3) is 3.92. The second-order valence-electron chi connectivity index (χ2n) is 7.39. The van der Waals surface area contributed by atoms with Crippen LogP contribution in [0.5, 0.6) is 5.75 Å². The van der Waals surface area contributed by atoms with E-state index in [-0.39, 0.29) is 18.1 Å². The van der Waals surface area contributed by atoms with Crippen molar-refractivity contribution in [3.05, 3.63) is 65.2 Å². The lowest BCUT2D eigenvalue weighted by Gasteiger charge is -2.14. The van der Waals surface area contributed by atoms with Crippen molar-refractivity contribution in [1.82, 2.24) is 15.0 Å². The van der Waals surface area contributed by atoms with Gasteiger partial charge in [0.15, 0.2) is 11.6 Å². The van der Waals surface area contributed by atoms with E-state index in [9.17, 15) is 9.59 Å². The minimum atomic E-state index is -0.703. The SMILES string of the molecule is Cc1cnc2c(c1)OCC(=NC(=O)c1ncc(C)c(-c3ccccc3C)n1)C(=O)N2C. The number of hydrogen-bond donors (Lipinski definition) is 0. The van der Waals surface area contributed by atoms with Crippen LogP contribution in [0.3, 0.4) is 0 Å². The summed E-state index contributed by atoms with van der Waals surface area (Å²) in [5.41, 5.74) is 4.30. The number of ether oxygens (including phenoxy) is 1. The van der Waals surface area contributed by atoms with E-state index in [1.807, 2.05) is 45.0 Å². The molecule has 31 heavy (non-hydrogen) atoms. The lowest BCUT2D eigenvalue weighted by molar-refractivity contribution is -0.112. The first-order valence-electron chi connectivity index (χ1n) is 9.74. The number of benzene rings is 1. The first-order chi connectivity index (χ1) is 14.8. The van der Waals surface area contributed by atoms with Crippen LogP contribution >= 0.6 is 0 Å². The van der Waals surface area contributed by atoms with E-state index >= 15 is 0 Å². The zero-order valence-electron chi connectivity index (χ0n) is 17.7. The molecule has 0 aliphatic carbocycles. The number of aryl methyl sites for hydroxylation is 3. The minimum Gasteiger partial charge on any atom is -0.483 e. The third-order valence-corrected chi connectivity index (χ3v) is 5.00. The maximum atomic E-state index is 12.8. The van der Waals surface area contributed by atoms with Gasteiger partial charge in [0.1, 0.15) is 12.3 Å². The standard InChI is InChI=1S/C23H21N5O3/c1-13-9-18-21(25-10-13)28(4)23(30)17(12-31-18)26-22(29)20-24-11-15(3)19(27-20)16-8-6-5-7-14(16)2/h5-11H,12H2,1-4H3. The fraction of sp³-hybridized carbons (Fsp3) is 0.217. The fourth-order valence-corrected chi connectivity index (χ4v) is 3.30. The number of rotatable bonds is 2. The van der Waals surface area contributed by atoms with Gasteiger partial charge >= 0.3 is 5.91 Å². The van der Waals surface area contributed by atoms with Crippen LogP contribution in [0.15, 0.2) is 47.7 Å². The average molecular weight is 415 g/mol. The molecular weight excluding hydrogens is 394 g/mol. The first-order valence-corrected chi connectivity index (χ1v) is 9.74. The van der Waals surface area contributed by atoms with Gasteiger partial charge in [-0.2, -0.15) is 0 Å². The zero-order chi connectivity index (χ0) is 22.1. The van der Waals surface area contributed by atoms with Gasteiger partial charge in [0, 0.05) is 25.0 Å². The predicted molar refractivity (Wildman–Crippen MR) is 117 cm³/mol. The Labute approximate surface area is 179 Å². The van der Waals surface area contributed by atoms with Crippen molar-refractivity contribution in [1.29, 1.82) is 0 Å². The Morgan fingerprint density at radius 2 is 1.87 bits per heavy atom. The van der Waals surface area contributed by atoms with Crippen LogP contribution in [0, 0.1) is 20.8 Å². The van der Waals surface area contributed by atoms with E-state index in [1.165, 1.54) is 4.90 Å². The molecule has 0 bridgehead atoms. The lowest BCUT2D eigenvalue weighted by atomic mass is 10.0. The Bertz CT molecular complexity index is 1240. The fourth-order valence-electron chi connectivity index (χ4n) is 3.30. The summed E-state index contributed by atoms with van der Waals surface area (Å²) in [7, 11) is 1.57. The zero-order valence-corrected chi connectivity index (χ0v) is 17.7. The summed E-state index contributed by atoms with van der Waals surface area (Å²) in [4.78, 5) is 43.8. The second-order valence-corrected chi connectivity index (χ2v) is 7.39. The minimum absolute atomic E-state index is 0.0373. The lowest BCUT2D eigenvalue weighted by Crippen LogP contribution is -2.35. The summed E-state index contributed by atoms with van der Waals surface area (Å²) in [6.45, 7) is 5.58. The van der Waals surface area contributed by atoms with E-state index in [4.69, 9.17) is 4.74 Å². The van der Waals surface area contributed by atoms with Crippen molar-refractivity contribution < 1.29 is 14.3 Å². The third-order valence-electron chi connectivity index (χ3n) is 5.00. The van der Waals surface area contributed by atoms with Crippen LogP contribution < -0.4 is 9.64 Å². The maximum Gasteiger partial charge on any atom is 0.315 e. The van der Waals surface area contributed by atoms with Gasteiger partial charge in [-0.15, -0.1) is 0 Å². The molecule has 0 saturated heterocycles. The highest BCUT2D eigenvalue weighted by Crippen LogP contribution is 2.28. The summed E-state index contributed by atoms with van der Waals surface area (Å²) < 4.78 is 5.70. The molecule has 2 amide bonds. The molecule has 8 nitrogen and oxygen atoms in total. The Kier molecular flexibility index (Phi) is 5.29. The van der Waals surface area contributed by atoms with E-state index in [0.717, 1.165) is 22.3 Å². The molecule has 3 heterocycles. The number of anilines is 1. The molecule has 8 heteroatoms. The van der Waals surface area contributed by atoms with Gasteiger partial charge in [-0.3, -0.25) is 14.5 Å². The van der Waals surface area contributed by atoms with Crippen molar-refractivity contribution in [2.75, 3.05) is 18.6 Å². The molecule has 0 spiro atoms. The number of carbonyl (C=O) groups is 2. The molecule has 0 radical (unpaired) electrons. The summed E-state index contributed by atoms with van der Waals surface area (Å²) in [5.74, 6) is -0.411. The summed E-state index contributed by atoms with van der Waals surface area (Å²) >= 11 is 0. The van der Waals surface area contributed by atoms with E-state index < -0.39 is 11.8 Å². The number of aliphatic imine (C=N–C) groups is 1. The first kappa shape index (κ1) is 20.3. The maximum absolute atomic E-state index is 12.8. The van der Waals surface area contributed by atoms with E-state index in [0.29, 0.717) is 17.3 Å². The van der Waals surface area contributed by atoms with Gasteiger partial charge in [0.2, 0.25) is 5.82 Å². The molecular formula is C23H21N5O3. The van der Waals surface area contributed by atoms with Crippen molar-refractivity contribution in [2.24, 2.45) is 4.99 Å². The van der Waals surface area contributed by atoms with Crippen molar-refractivity contribution in [2.45, 2.75) is 20.8 Å². The van der Waals surface area contributed by atoms with Crippen LogP contribution in [0.1, 0.15) is 27.3 Å². The van der Waals surface area contributed by atoms with E-state index in [2.05, 4.69) is 19.9 Å². The van der Waals surface area contributed by atoms with Gasteiger partial charge in [-0.25, -0.2) is 19.9 Å². The highest BCUT2D eigenvalue weighted by Gasteiger charge is 2.28. The molecule has 1 aromatic carbocycles. The number of amides is 2. The number of aromatic nitrogens is 3. The Balaban J connectivity index is 1.67. The highest BCUT2D eigenvalue weighted by atomic mass is 16.5. The van der Waals surface area contributed by atoms with Crippen molar-refractivity contribution in [3.63, 3.8) is 0 Å². The van der Waals surface area contributed by atoms with Crippen LogP contribution in [-0.2, 0) is 4.79 Å². The molecule has 0 fully saturated rings. The number of nitrogens with zero attached hydrogens (tertiary/aromatic N) is 5. The average Bonchev–Trinajstić information content (AvgIpc) is 2.86. The summed E-state index contributed by atoms with van der Waals surface area (Å²) in [5, 5.41) is 0. The molecule has 2 aromatic heterocycles. The number of hydrogen-bond acceptors (Lipinski definition) is 6. The monoisotopic (exact) mass is 415 g/mol. The van der Waals surface area contributed by atoms with Gasteiger partial charge in [0.25, 0.3) is 5.91 Å². The van der Waals surface area contributed by atoms with Gasteiger partial charge in [0.05, 0.1) is 5.69 Å².